The van der Waals surface area contributed by atoms with Gasteiger partial charge in [0.1, 0.15) is 36.3 Å². The van der Waals surface area contributed by atoms with Crippen molar-refractivity contribution in [3.05, 3.63) is 24.7 Å². The molecule has 1 fully saturated rings. The molecule has 1 amide bonds. The fourth-order valence-electron chi connectivity index (χ4n) is 2.78. The second-order valence-electron chi connectivity index (χ2n) is 6.68. The number of nitrogens with one attached hydrogen (secondary N) is 3. The molecule has 2 aliphatic heterocycles. The SMILES string of the molecule is C=C1NC(=O)C=CN1[C@@H]1N[C@](F)(COP(=O)(O)NC(C)C(=O)O)[C@@H](O)[C@@]1(C)O. The number of amides is 1. The number of aliphatic hydroxyl groups excluding tert-OH is 1. The molecule has 0 bridgehead atoms. The lowest BCUT2D eigenvalue weighted by molar-refractivity contribution is -0.138. The van der Waals surface area contributed by atoms with Crippen molar-refractivity contribution in [3.8, 4) is 0 Å². The van der Waals surface area contributed by atoms with Crippen molar-refractivity contribution in [1.82, 2.24) is 20.6 Å². The lowest BCUT2D eigenvalue weighted by Crippen LogP contribution is -2.56. The molecule has 0 saturated carbocycles. The summed E-state index contributed by atoms with van der Waals surface area (Å²) in [4.78, 5) is 32.9. The fourth-order valence-corrected chi connectivity index (χ4v) is 3.82. The molecule has 0 aromatic heterocycles. The van der Waals surface area contributed by atoms with Gasteiger partial charge >= 0.3 is 13.7 Å². The van der Waals surface area contributed by atoms with Crippen LogP contribution in [0.4, 0.5) is 4.39 Å². The van der Waals surface area contributed by atoms with Crippen molar-refractivity contribution in [3.63, 3.8) is 0 Å². The first kappa shape index (κ1) is 22.4. The minimum atomic E-state index is -4.74. The molecular weight excluding hydrogens is 402 g/mol. The molecule has 2 rings (SSSR count). The lowest BCUT2D eigenvalue weighted by atomic mass is 9.95. The van der Waals surface area contributed by atoms with Crippen LogP contribution >= 0.6 is 7.75 Å². The molecule has 12 nitrogen and oxygen atoms in total. The summed E-state index contributed by atoms with van der Waals surface area (Å²) in [6, 6.07) is -1.46. The van der Waals surface area contributed by atoms with E-state index in [-0.39, 0.29) is 5.82 Å². The summed E-state index contributed by atoms with van der Waals surface area (Å²) in [6.07, 6.45) is -1.16. The third-order valence-electron chi connectivity index (χ3n) is 4.34. The van der Waals surface area contributed by atoms with Crippen molar-refractivity contribution < 1.29 is 43.3 Å². The van der Waals surface area contributed by atoms with E-state index in [1.54, 1.807) is 5.09 Å². The fraction of sp³-hybridized carbons (Fsp3) is 0.571. The van der Waals surface area contributed by atoms with Crippen LogP contribution in [0.3, 0.4) is 0 Å². The highest BCUT2D eigenvalue weighted by molar-refractivity contribution is 7.50. The number of rotatable bonds is 7. The largest absolute Gasteiger partial charge is 0.480 e. The zero-order valence-corrected chi connectivity index (χ0v) is 15.9. The Morgan fingerprint density at radius 3 is 2.75 bits per heavy atom. The number of alkyl halides is 1. The van der Waals surface area contributed by atoms with Crippen molar-refractivity contribution in [2.75, 3.05) is 6.61 Å². The van der Waals surface area contributed by atoms with Gasteiger partial charge in [0.15, 0.2) is 0 Å². The standard InChI is InChI=1S/C14H22FN4O8P/c1-7(10(21)22)18-28(25,26)27-6-14(15)11(23)13(3,24)12(17-14)19-5-4-9(20)16-8(19)2/h4-5,7,11-12,17,23-24H,2,6H2,1,3H3,(H,16,20)(H,21,22)(H2,18,25,26)/t7?,11-,12-,13+,14+/m0/s1. The molecule has 14 heteroatoms. The van der Waals surface area contributed by atoms with Gasteiger partial charge < -0.3 is 30.4 Å². The molecule has 2 heterocycles. The summed E-state index contributed by atoms with van der Waals surface area (Å²) in [5.74, 6) is -4.83. The topological polar surface area (TPSA) is 181 Å². The molecule has 28 heavy (non-hydrogen) atoms. The third kappa shape index (κ3) is 4.41. The van der Waals surface area contributed by atoms with E-state index in [0.717, 1.165) is 24.8 Å². The number of hydrogen-bond acceptors (Lipinski definition) is 8. The lowest BCUT2D eigenvalue weighted by Gasteiger charge is -2.37. The monoisotopic (exact) mass is 424 g/mol. The number of hydrogen-bond donors (Lipinski definition) is 7. The van der Waals surface area contributed by atoms with Crippen LogP contribution in [0.5, 0.6) is 0 Å². The highest BCUT2D eigenvalue weighted by Crippen LogP contribution is 2.43. The Labute approximate surface area is 159 Å². The van der Waals surface area contributed by atoms with Gasteiger partial charge in [0.2, 0.25) is 5.79 Å². The van der Waals surface area contributed by atoms with Crippen molar-refractivity contribution >= 4 is 19.6 Å². The van der Waals surface area contributed by atoms with Crippen LogP contribution in [-0.2, 0) is 18.7 Å². The van der Waals surface area contributed by atoms with Gasteiger partial charge in [0.25, 0.3) is 5.91 Å². The second-order valence-corrected chi connectivity index (χ2v) is 8.24. The van der Waals surface area contributed by atoms with E-state index in [1.807, 2.05) is 0 Å². The molecule has 2 aliphatic rings. The normalized spacial score (nSPS) is 36.1. The number of aliphatic carboxylic acids is 1. The third-order valence-corrected chi connectivity index (χ3v) is 5.53. The van der Waals surface area contributed by atoms with E-state index in [1.165, 1.54) is 6.20 Å². The molecule has 0 aromatic carbocycles. The van der Waals surface area contributed by atoms with Crippen LogP contribution < -0.4 is 15.7 Å². The van der Waals surface area contributed by atoms with Crippen LogP contribution in [0.1, 0.15) is 13.8 Å². The average molecular weight is 424 g/mol. The molecule has 0 aromatic rings. The minimum absolute atomic E-state index is 0.00702. The average Bonchev–Trinajstić information content (AvgIpc) is 2.74. The summed E-state index contributed by atoms with van der Waals surface area (Å²) in [7, 11) is -4.74. The molecule has 0 aliphatic carbocycles. The van der Waals surface area contributed by atoms with Crippen LogP contribution in [0.25, 0.3) is 0 Å². The van der Waals surface area contributed by atoms with Gasteiger partial charge in [-0.25, -0.2) is 14.0 Å². The highest BCUT2D eigenvalue weighted by Gasteiger charge is 2.62. The predicted octanol–water partition coefficient (Wildman–Crippen LogP) is -1.71. The molecule has 6 atom stereocenters. The van der Waals surface area contributed by atoms with E-state index in [2.05, 4.69) is 21.7 Å². The van der Waals surface area contributed by atoms with Crippen LogP contribution in [0, 0.1) is 0 Å². The summed E-state index contributed by atoms with van der Waals surface area (Å²) in [5, 5.41) is 36.0. The molecule has 2 unspecified atom stereocenters. The Bertz CT molecular complexity index is 762. The van der Waals surface area contributed by atoms with Gasteiger partial charge in [-0.05, 0) is 13.8 Å². The van der Waals surface area contributed by atoms with Gasteiger partial charge in [-0.2, -0.15) is 0 Å². The van der Waals surface area contributed by atoms with Crippen molar-refractivity contribution in [1.29, 1.82) is 0 Å². The first-order valence-corrected chi connectivity index (χ1v) is 9.59. The molecule has 158 valence electrons. The number of aliphatic hydroxyl groups is 2. The van der Waals surface area contributed by atoms with E-state index >= 15 is 4.39 Å². The van der Waals surface area contributed by atoms with E-state index in [4.69, 9.17) is 5.11 Å². The van der Waals surface area contributed by atoms with Gasteiger partial charge in [0.05, 0.1) is 0 Å². The number of halogens is 1. The minimum Gasteiger partial charge on any atom is -0.480 e. The molecule has 0 spiro atoms. The molecule has 7 N–H and O–H groups in total. The maximum atomic E-state index is 15.2. The van der Waals surface area contributed by atoms with Crippen LogP contribution in [-0.4, -0.2) is 73.3 Å². The number of carboxylic acids is 1. The maximum absolute atomic E-state index is 15.2. The number of carbonyl (C=O) groups excluding carboxylic acids is 1. The van der Waals surface area contributed by atoms with Gasteiger partial charge in [-0.1, -0.05) is 6.58 Å². The molecule has 0 radical (unpaired) electrons. The Morgan fingerprint density at radius 2 is 2.21 bits per heavy atom. The van der Waals surface area contributed by atoms with E-state index in [9.17, 15) is 29.3 Å². The molecular formula is C14H22FN4O8P. The quantitative estimate of drug-likeness (QED) is 0.183. The van der Waals surface area contributed by atoms with E-state index in [0.29, 0.717) is 0 Å². The zero-order valence-electron chi connectivity index (χ0n) is 15.0. The summed E-state index contributed by atoms with van der Waals surface area (Å²) in [6.45, 7) is 4.55. The summed E-state index contributed by atoms with van der Waals surface area (Å²) in [5.41, 5.74) is -2.14. The van der Waals surface area contributed by atoms with Gasteiger partial charge in [-0.15, -0.1) is 0 Å². The summed E-state index contributed by atoms with van der Waals surface area (Å²) >= 11 is 0. The maximum Gasteiger partial charge on any atom is 0.403 e. The van der Waals surface area contributed by atoms with Crippen LogP contribution in [0.15, 0.2) is 24.7 Å². The van der Waals surface area contributed by atoms with E-state index < -0.39 is 55.9 Å². The Morgan fingerprint density at radius 1 is 1.61 bits per heavy atom. The predicted molar refractivity (Wildman–Crippen MR) is 91.7 cm³/mol. The van der Waals surface area contributed by atoms with Crippen molar-refractivity contribution in [2.45, 2.75) is 43.6 Å². The highest BCUT2D eigenvalue weighted by atomic mass is 31.2. The molecule has 1 saturated heterocycles. The van der Waals surface area contributed by atoms with Crippen molar-refractivity contribution in [2.24, 2.45) is 0 Å². The number of carbonyl (C=O) groups is 2. The Balaban J connectivity index is 2.16. The van der Waals surface area contributed by atoms with Crippen LogP contribution in [0.2, 0.25) is 0 Å². The Kier molecular flexibility index (Phi) is 6.02. The second kappa shape index (κ2) is 7.52. The number of nitrogens with zero attached hydrogens (tertiary/aromatic N) is 1. The smallest absolute Gasteiger partial charge is 0.403 e. The number of carboxylic acid groups (broad SMARTS) is 1. The first-order valence-electron chi connectivity index (χ1n) is 8.01. The summed E-state index contributed by atoms with van der Waals surface area (Å²) < 4.78 is 31.7. The first-order chi connectivity index (χ1) is 12.7. The zero-order chi connectivity index (χ0) is 21.5. The Hall–Kier alpha value is -1.86. The van der Waals surface area contributed by atoms with Gasteiger partial charge in [0, 0.05) is 12.3 Å². The van der Waals surface area contributed by atoms with Gasteiger partial charge in [-0.3, -0.25) is 19.4 Å².